The van der Waals surface area contributed by atoms with E-state index in [9.17, 15) is 21.6 Å². The number of hydrogen-bond acceptors (Lipinski definition) is 2. The van der Waals surface area contributed by atoms with E-state index in [2.05, 4.69) is 0 Å². The molecule has 0 amide bonds. The molecule has 158 valence electrons. The molecule has 0 saturated heterocycles. The number of aromatic nitrogens is 1. The molecular formula is C24H18F3NO2S. The van der Waals surface area contributed by atoms with Gasteiger partial charge in [0.1, 0.15) is 0 Å². The fourth-order valence-corrected chi connectivity index (χ4v) is 4.67. The smallest absolute Gasteiger partial charge is 0.241 e. The third kappa shape index (κ3) is 4.14. The van der Waals surface area contributed by atoms with Gasteiger partial charge in [-0.05, 0) is 48.4 Å². The molecule has 0 atom stereocenters. The number of nitrogens with zero attached hydrogens (tertiary/aromatic N) is 1. The number of rotatable bonds is 4. The summed E-state index contributed by atoms with van der Waals surface area (Å²) in [6.45, 7) is 1.85. The molecule has 0 saturated carbocycles. The summed E-state index contributed by atoms with van der Waals surface area (Å²) in [6.07, 6.45) is -2.97. The van der Waals surface area contributed by atoms with Crippen LogP contribution in [0.2, 0.25) is 0 Å². The Morgan fingerprint density at radius 2 is 1.35 bits per heavy atom. The van der Waals surface area contributed by atoms with Gasteiger partial charge in [-0.3, -0.25) is 0 Å². The van der Waals surface area contributed by atoms with Crippen LogP contribution in [0.3, 0.4) is 0 Å². The van der Waals surface area contributed by atoms with Crippen LogP contribution >= 0.6 is 0 Å². The van der Waals surface area contributed by atoms with Gasteiger partial charge in [0.2, 0.25) is 0 Å². The highest BCUT2D eigenvalue weighted by atomic mass is 32.2. The van der Waals surface area contributed by atoms with E-state index >= 15 is 0 Å². The van der Waals surface area contributed by atoms with Gasteiger partial charge in [0, 0.05) is 11.8 Å². The zero-order chi connectivity index (χ0) is 22.2. The molecule has 4 aromatic rings. The lowest BCUT2D eigenvalue weighted by Gasteiger charge is -2.12. The van der Waals surface area contributed by atoms with Crippen LogP contribution in [-0.4, -0.2) is 12.4 Å². The summed E-state index contributed by atoms with van der Waals surface area (Å²) >= 11 is 0. The summed E-state index contributed by atoms with van der Waals surface area (Å²) in [4.78, 5) is 0.0986. The molecule has 0 aliphatic rings. The van der Waals surface area contributed by atoms with E-state index in [-0.39, 0.29) is 10.6 Å². The number of hydrogen-bond donors (Lipinski definition) is 0. The van der Waals surface area contributed by atoms with Gasteiger partial charge in [-0.15, -0.1) is 0 Å². The zero-order valence-corrected chi connectivity index (χ0v) is 17.3. The Labute approximate surface area is 178 Å². The van der Waals surface area contributed by atoms with Crippen LogP contribution in [0, 0.1) is 6.92 Å². The quantitative estimate of drug-likeness (QED) is 0.368. The predicted octanol–water partition coefficient (Wildman–Crippen LogP) is 6.39. The summed E-state index contributed by atoms with van der Waals surface area (Å²) < 4.78 is 66.8. The highest BCUT2D eigenvalue weighted by Gasteiger charge is 2.30. The molecule has 0 unspecified atom stereocenters. The fourth-order valence-electron chi connectivity index (χ4n) is 3.30. The first-order chi connectivity index (χ1) is 14.7. The Kier molecular flexibility index (Phi) is 5.23. The zero-order valence-electron chi connectivity index (χ0n) is 16.5. The molecule has 31 heavy (non-hydrogen) atoms. The number of alkyl halides is 3. The Morgan fingerprint density at radius 1 is 0.742 bits per heavy atom. The average molecular weight is 441 g/mol. The van der Waals surface area contributed by atoms with Gasteiger partial charge in [0.05, 0.1) is 16.2 Å². The van der Waals surface area contributed by atoms with Gasteiger partial charge in [-0.1, -0.05) is 60.2 Å². The second-order valence-electron chi connectivity index (χ2n) is 7.17. The minimum atomic E-state index is -4.47. The lowest BCUT2D eigenvalue weighted by molar-refractivity contribution is -0.137. The van der Waals surface area contributed by atoms with Crippen LogP contribution in [0.1, 0.15) is 11.1 Å². The summed E-state index contributed by atoms with van der Waals surface area (Å²) in [6, 6.07) is 21.8. The first-order valence-corrected chi connectivity index (χ1v) is 10.9. The Balaban J connectivity index is 1.89. The third-order valence-electron chi connectivity index (χ3n) is 4.98. The van der Waals surface area contributed by atoms with E-state index in [1.807, 2.05) is 37.3 Å². The van der Waals surface area contributed by atoms with Gasteiger partial charge >= 0.3 is 6.18 Å². The van der Waals surface area contributed by atoms with Crippen LogP contribution in [0.25, 0.3) is 22.4 Å². The van der Waals surface area contributed by atoms with Gasteiger partial charge in [-0.2, -0.15) is 13.2 Å². The molecule has 0 aliphatic heterocycles. The van der Waals surface area contributed by atoms with Crippen molar-refractivity contribution in [1.82, 2.24) is 3.97 Å². The molecule has 3 aromatic carbocycles. The van der Waals surface area contributed by atoms with Crippen molar-refractivity contribution in [2.45, 2.75) is 18.0 Å². The topological polar surface area (TPSA) is 39.1 Å². The van der Waals surface area contributed by atoms with Crippen molar-refractivity contribution in [2.75, 3.05) is 0 Å². The summed E-state index contributed by atoms with van der Waals surface area (Å²) in [7, 11) is -3.97. The summed E-state index contributed by atoms with van der Waals surface area (Å²) in [5, 5.41) is 0. The molecule has 4 rings (SSSR count). The minimum absolute atomic E-state index is 0.0986. The van der Waals surface area contributed by atoms with E-state index < -0.39 is 21.8 Å². The first-order valence-electron chi connectivity index (χ1n) is 9.44. The van der Waals surface area contributed by atoms with Gasteiger partial charge < -0.3 is 0 Å². The van der Waals surface area contributed by atoms with Crippen molar-refractivity contribution in [3.8, 4) is 22.4 Å². The van der Waals surface area contributed by atoms with Crippen LogP contribution in [-0.2, 0) is 16.2 Å². The number of aryl methyl sites for hydroxylation is 1. The standard InChI is InChI=1S/C24H18F3NO2S/c1-17-7-13-22(14-8-17)31(29,30)28-16-20(18-5-3-2-4-6-18)15-23(28)19-9-11-21(12-10-19)24(25,26)27/h2-16H,1H3. The SMILES string of the molecule is Cc1ccc(S(=O)(=O)n2cc(-c3ccccc3)cc2-c2ccc(C(F)(F)F)cc2)cc1. The van der Waals surface area contributed by atoms with Crippen molar-refractivity contribution in [3.63, 3.8) is 0 Å². The lowest BCUT2D eigenvalue weighted by Crippen LogP contribution is -2.13. The van der Waals surface area contributed by atoms with Crippen LogP contribution in [0.5, 0.6) is 0 Å². The highest BCUT2D eigenvalue weighted by molar-refractivity contribution is 7.90. The maximum atomic E-state index is 13.4. The van der Waals surface area contributed by atoms with Crippen molar-refractivity contribution >= 4 is 10.0 Å². The molecule has 0 fully saturated rings. The van der Waals surface area contributed by atoms with Crippen molar-refractivity contribution in [3.05, 3.63) is 102 Å². The van der Waals surface area contributed by atoms with E-state index in [1.165, 1.54) is 30.5 Å². The molecule has 0 spiro atoms. The second kappa shape index (κ2) is 7.74. The second-order valence-corrected chi connectivity index (χ2v) is 8.98. The number of benzene rings is 3. The maximum Gasteiger partial charge on any atom is 0.416 e. The van der Waals surface area contributed by atoms with E-state index in [0.717, 1.165) is 27.2 Å². The average Bonchev–Trinajstić information content (AvgIpc) is 3.21. The molecule has 0 radical (unpaired) electrons. The maximum absolute atomic E-state index is 13.4. The van der Waals surface area contributed by atoms with Crippen molar-refractivity contribution in [2.24, 2.45) is 0 Å². The van der Waals surface area contributed by atoms with Gasteiger partial charge in [0.25, 0.3) is 10.0 Å². The van der Waals surface area contributed by atoms with Crippen LogP contribution in [0.15, 0.2) is 96.0 Å². The predicted molar refractivity (Wildman–Crippen MR) is 114 cm³/mol. The van der Waals surface area contributed by atoms with Crippen molar-refractivity contribution < 1.29 is 21.6 Å². The minimum Gasteiger partial charge on any atom is -0.241 e. The van der Waals surface area contributed by atoms with Crippen molar-refractivity contribution in [1.29, 1.82) is 0 Å². The molecule has 0 bridgehead atoms. The molecular weight excluding hydrogens is 423 g/mol. The Bertz CT molecular complexity index is 1310. The number of halogens is 3. The molecule has 7 heteroatoms. The van der Waals surface area contributed by atoms with E-state index in [0.29, 0.717) is 11.1 Å². The first kappa shape index (κ1) is 20.9. The fraction of sp³-hybridized carbons (Fsp3) is 0.0833. The molecule has 0 aliphatic carbocycles. The highest BCUT2D eigenvalue weighted by Crippen LogP contribution is 2.34. The monoisotopic (exact) mass is 441 g/mol. The molecule has 1 heterocycles. The normalized spacial score (nSPS) is 12.1. The third-order valence-corrected chi connectivity index (χ3v) is 6.67. The molecule has 3 nitrogen and oxygen atoms in total. The van der Waals surface area contributed by atoms with Crippen LogP contribution in [0.4, 0.5) is 13.2 Å². The van der Waals surface area contributed by atoms with E-state index in [1.54, 1.807) is 18.2 Å². The molecule has 0 N–H and O–H groups in total. The van der Waals surface area contributed by atoms with Crippen LogP contribution < -0.4 is 0 Å². The van der Waals surface area contributed by atoms with Gasteiger partial charge in [0.15, 0.2) is 0 Å². The summed E-state index contributed by atoms with van der Waals surface area (Å²) in [5.41, 5.74) is 2.22. The Hall–Kier alpha value is -3.32. The molecule has 1 aromatic heterocycles. The lowest BCUT2D eigenvalue weighted by atomic mass is 10.1. The van der Waals surface area contributed by atoms with E-state index in [4.69, 9.17) is 0 Å². The Morgan fingerprint density at radius 3 is 1.94 bits per heavy atom. The summed E-state index contributed by atoms with van der Waals surface area (Å²) in [5.74, 6) is 0. The largest absolute Gasteiger partial charge is 0.416 e. The van der Waals surface area contributed by atoms with Gasteiger partial charge in [-0.25, -0.2) is 12.4 Å².